The lowest BCUT2D eigenvalue weighted by molar-refractivity contribution is -0.0437. The van der Waals surface area contributed by atoms with E-state index in [4.69, 9.17) is 0 Å². The fourth-order valence-corrected chi connectivity index (χ4v) is 4.07. The Morgan fingerprint density at radius 1 is 1.16 bits per heavy atom. The molecule has 0 saturated carbocycles. The molecule has 0 fully saturated rings. The molecule has 2 atom stereocenters. The van der Waals surface area contributed by atoms with Gasteiger partial charge in [0.05, 0.1) is 12.2 Å². The van der Waals surface area contributed by atoms with E-state index in [9.17, 15) is 13.6 Å². The van der Waals surface area contributed by atoms with Crippen molar-refractivity contribution in [3.05, 3.63) is 82.5 Å². The number of hydrogen-bond acceptors (Lipinski definition) is 3. The van der Waals surface area contributed by atoms with E-state index in [1.165, 1.54) is 16.4 Å². The van der Waals surface area contributed by atoms with Gasteiger partial charge >= 0.3 is 0 Å². The molecule has 1 aromatic heterocycles. The van der Waals surface area contributed by atoms with Crippen LogP contribution < -0.4 is 10.6 Å². The summed E-state index contributed by atoms with van der Waals surface area (Å²) in [5.41, 5.74) is 4.46. The predicted octanol–water partition coefficient (Wildman–Crippen LogP) is 5.44. The molecule has 2 N–H and O–H groups in total. The SMILES string of the molecule is CCc1ccc([C@@H]2C[C@H](C(C)(F)F)n3ncc(C(=O)NCc4ccc(C)cc4)c3N2)cc1. The van der Waals surface area contributed by atoms with Crippen LogP contribution in [0.25, 0.3) is 0 Å². The standard InChI is InChI=1S/C25H28F2N4O/c1-4-17-9-11-19(12-10-17)21-13-22(25(3,26)27)31-23(30-21)20(15-29-31)24(32)28-14-18-7-5-16(2)6-8-18/h5-12,15,21-22,30H,4,13-14H2,1-3H3,(H,28,32)/t21-,22+/m0/s1. The molecule has 0 aliphatic carbocycles. The van der Waals surface area contributed by atoms with Crippen molar-refractivity contribution in [3.63, 3.8) is 0 Å². The van der Waals surface area contributed by atoms with Gasteiger partial charge in [-0.15, -0.1) is 0 Å². The highest BCUT2D eigenvalue weighted by Gasteiger charge is 2.43. The van der Waals surface area contributed by atoms with Gasteiger partial charge in [0.2, 0.25) is 0 Å². The Labute approximate surface area is 186 Å². The summed E-state index contributed by atoms with van der Waals surface area (Å²) < 4.78 is 30.3. The molecule has 2 aromatic carbocycles. The van der Waals surface area contributed by atoms with Crippen molar-refractivity contribution in [1.29, 1.82) is 0 Å². The highest BCUT2D eigenvalue weighted by atomic mass is 19.3. The number of nitrogens with one attached hydrogen (secondary N) is 2. The van der Waals surface area contributed by atoms with Crippen molar-refractivity contribution < 1.29 is 13.6 Å². The van der Waals surface area contributed by atoms with Crippen molar-refractivity contribution in [3.8, 4) is 0 Å². The average Bonchev–Trinajstić information content (AvgIpc) is 3.21. The first kappa shape index (κ1) is 22.0. The Morgan fingerprint density at radius 2 is 1.81 bits per heavy atom. The zero-order valence-electron chi connectivity index (χ0n) is 18.5. The van der Waals surface area contributed by atoms with Crippen LogP contribution in [0.1, 0.15) is 65.0 Å². The summed E-state index contributed by atoms with van der Waals surface area (Å²) in [6, 6.07) is 14.3. The number of aryl methyl sites for hydroxylation is 2. The Morgan fingerprint density at radius 3 is 2.44 bits per heavy atom. The normalized spacial score (nSPS) is 18.0. The van der Waals surface area contributed by atoms with Crippen molar-refractivity contribution in [1.82, 2.24) is 15.1 Å². The Bertz CT molecular complexity index is 1080. The van der Waals surface area contributed by atoms with Crippen LogP contribution in [-0.4, -0.2) is 21.6 Å². The molecule has 1 aliphatic heterocycles. The lowest BCUT2D eigenvalue weighted by atomic mass is 9.93. The molecular formula is C25H28F2N4O. The van der Waals surface area contributed by atoms with E-state index in [2.05, 4.69) is 22.7 Å². The second-order valence-electron chi connectivity index (χ2n) is 8.52. The molecule has 5 nitrogen and oxygen atoms in total. The van der Waals surface area contributed by atoms with Crippen LogP contribution in [0.3, 0.4) is 0 Å². The predicted molar refractivity (Wildman–Crippen MR) is 121 cm³/mol. The number of amides is 1. The summed E-state index contributed by atoms with van der Waals surface area (Å²) in [5, 5.41) is 10.3. The van der Waals surface area contributed by atoms with Gasteiger partial charge in [0.15, 0.2) is 0 Å². The molecule has 0 unspecified atom stereocenters. The van der Waals surface area contributed by atoms with Gasteiger partial charge in [0, 0.05) is 19.9 Å². The number of carbonyl (C=O) groups excluding carboxylic acids is 1. The molecule has 3 aromatic rings. The number of hydrogen-bond donors (Lipinski definition) is 2. The van der Waals surface area contributed by atoms with E-state index in [0.717, 1.165) is 30.0 Å². The van der Waals surface area contributed by atoms with Gasteiger partial charge in [-0.25, -0.2) is 13.5 Å². The lowest BCUT2D eigenvalue weighted by Gasteiger charge is -2.35. The quantitative estimate of drug-likeness (QED) is 0.539. The monoisotopic (exact) mass is 438 g/mol. The van der Waals surface area contributed by atoms with E-state index in [0.29, 0.717) is 12.4 Å². The summed E-state index contributed by atoms with van der Waals surface area (Å²) in [5.74, 6) is -3.01. The number of nitrogens with zero attached hydrogens (tertiary/aromatic N) is 2. The number of benzene rings is 2. The lowest BCUT2D eigenvalue weighted by Crippen LogP contribution is -2.37. The van der Waals surface area contributed by atoms with Crippen molar-refractivity contribution in [2.45, 2.75) is 58.2 Å². The van der Waals surface area contributed by atoms with E-state index in [1.807, 2.05) is 55.5 Å². The third-order valence-corrected chi connectivity index (χ3v) is 6.05. The average molecular weight is 439 g/mol. The van der Waals surface area contributed by atoms with Crippen LogP contribution >= 0.6 is 0 Å². The molecule has 0 spiro atoms. The van der Waals surface area contributed by atoms with Gasteiger partial charge in [0.1, 0.15) is 17.4 Å². The van der Waals surface area contributed by atoms with Crippen LogP contribution in [-0.2, 0) is 13.0 Å². The summed E-state index contributed by atoms with van der Waals surface area (Å²) in [4.78, 5) is 12.9. The van der Waals surface area contributed by atoms with Gasteiger partial charge in [0.25, 0.3) is 11.8 Å². The maximum atomic E-state index is 14.5. The fourth-order valence-electron chi connectivity index (χ4n) is 4.07. The third kappa shape index (κ3) is 4.52. The van der Waals surface area contributed by atoms with E-state index < -0.39 is 12.0 Å². The maximum Gasteiger partial charge on any atom is 0.267 e. The number of halogens is 2. The minimum absolute atomic E-state index is 0.175. The number of aromatic nitrogens is 2. The first-order chi connectivity index (χ1) is 15.3. The third-order valence-electron chi connectivity index (χ3n) is 6.05. The van der Waals surface area contributed by atoms with E-state index in [1.54, 1.807) is 0 Å². The second-order valence-corrected chi connectivity index (χ2v) is 8.52. The van der Waals surface area contributed by atoms with Crippen LogP contribution in [0.5, 0.6) is 0 Å². The molecule has 4 rings (SSSR count). The van der Waals surface area contributed by atoms with Gasteiger partial charge in [-0.3, -0.25) is 4.79 Å². The van der Waals surface area contributed by atoms with Crippen LogP contribution in [0.15, 0.2) is 54.7 Å². The van der Waals surface area contributed by atoms with Gasteiger partial charge in [-0.2, -0.15) is 5.10 Å². The second kappa shape index (κ2) is 8.73. The van der Waals surface area contributed by atoms with Crippen LogP contribution in [0, 0.1) is 6.92 Å². The number of alkyl halides is 2. The highest BCUT2D eigenvalue weighted by Crippen LogP contribution is 2.43. The largest absolute Gasteiger partial charge is 0.363 e. The molecule has 32 heavy (non-hydrogen) atoms. The topological polar surface area (TPSA) is 59.0 Å². The van der Waals surface area contributed by atoms with Gasteiger partial charge in [-0.1, -0.05) is 61.0 Å². The highest BCUT2D eigenvalue weighted by molar-refractivity contribution is 5.98. The summed E-state index contributed by atoms with van der Waals surface area (Å²) >= 11 is 0. The molecule has 0 saturated heterocycles. The number of rotatable bonds is 6. The molecule has 168 valence electrons. The molecule has 7 heteroatoms. The van der Waals surface area contributed by atoms with Crippen LogP contribution in [0.4, 0.5) is 14.6 Å². The van der Waals surface area contributed by atoms with Crippen molar-refractivity contribution >= 4 is 11.7 Å². The van der Waals surface area contributed by atoms with Crippen molar-refractivity contribution in [2.75, 3.05) is 5.32 Å². The Kier molecular flexibility index (Phi) is 6.00. The fraction of sp³-hybridized carbons (Fsp3) is 0.360. The van der Waals surface area contributed by atoms with Crippen molar-refractivity contribution in [2.24, 2.45) is 0 Å². The summed E-state index contributed by atoms with van der Waals surface area (Å²) in [6.07, 6.45) is 2.45. The Balaban J connectivity index is 1.60. The van der Waals surface area contributed by atoms with Crippen LogP contribution in [0.2, 0.25) is 0 Å². The summed E-state index contributed by atoms with van der Waals surface area (Å²) in [6.45, 7) is 5.32. The molecule has 0 bridgehead atoms. The smallest absolute Gasteiger partial charge is 0.267 e. The number of carbonyl (C=O) groups is 1. The minimum Gasteiger partial charge on any atom is -0.363 e. The number of anilines is 1. The first-order valence-corrected chi connectivity index (χ1v) is 10.9. The first-order valence-electron chi connectivity index (χ1n) is 10.9. The molecule has 1 aliphatic rings. The van der Waals surface area contributed by atoms with E-state index in [-0.39, 0.29) is 23.9 Å². The number of fused-ring (bicyclic) bond motifs is 1. The zero-order valence-corrected chi connectivity index (χ0v) is 18.5. The molecular weight excluding hydrogens is 410 g/mol. The van der Waals surface area contributed by atoms with Gasteiger partial charge < -0.3 is 10.6 Å². The van der Waals surface area contributed by atoms with E-state index >= 15 is 0 Å². The molecule has 0 radical (unpaired) electrons. The maximum absolute atomic E-state index is 14.5. The zero-order chi connectivity index (χ0) is 22.9. The molecule has 1 amide bonds. The minimum atomic E-state index is -2.99. The van der Waals surface area contributed by atoms with Gasteiger partial charge in [-0.05, 0) is 30.0 Å². The molecule has 2 heterocycles. The Hall–Kier alpha value is -3.22. The summed E-state index contributed by atoms with van der Waals surface area (Å²) in [7, 11) is 0.